The number of aromatic nitrogens is 4. The molecule has 1 fully saturated rings. The first kappa shape index (κ1) is 11.2. The first-order valence-electron chi connectivity index (χ1n) is 5.67. The fraction of sp³-hybridized carbons (Fsp3) is 0.500. The van der Waals surface area contributed by atoms with Crippen LogP contribution in [0, 0.1) is 5.21 Å². The molecule has 2 aromatic heterocycles. The van der Waals surface area contributed by atoms with Crippen molar-refractivity contribution in [2.75, 3.05) is 12.3 Å². The highest BCUT2D eigenvalue weighted by Crippen LogP contribution is 2.30. The Kier molecular flexibility index (Phi) is 2.53. The minimum Gasteiger partial charge on any atom is -0.740 e. The van der Waals surface area contributed by atoms with Gasteiger partial charge in [-0.3, -0.25) is 4.57 Å². The van der Waals surface area contributed by atoms with E-state index in [1.807, 2.05) is 0 Å². The summed E-state index contributed by atoms with van der Waals surface area (Å²) >= 11 is 0. The van der Waals surface area contributed by atoms with Crippen molar-refractivity contribution in [2.45, 2.75) is 25.2 Å². The molecule has 0 radical (unpaired) electrons. The number of fused-ring (bicyclic) bond motifs is 1. The lowest BCUT2D eigenvalue weighted by Gasteiger charge is -2.13. The Balaban J connectivity index is 2.01. The van der Waals surface area contributed by atoms with Gasteiger partial charge in [0.1, 0.15) is 12.6 Å². The van der Waals surface area contributed by atoms with Gasteiger partial charge in [-0.1, -0.05) is 4.98 Å². The molecule has 0 amide bonds. The Hall–Kier alpha value is -1.93. The predicted molar refractivity (Wildman–Crippen MR) is 61.1 cm³/mol. The Morgan fingerprint density at radius 3 is 3.11 bits per heavy atom. The number of hydrogen-bond donors (Lipinski definition) is 2. The van der Waals surface area contributed by atoms with Crippen molar-refractivity contribution < 1.29 is 14.6 Å². The fourth-order valence-electron chi connectivity index (χ4n) is 2.17. The molecule has 0 spiro atoms. The molecule has 0 unspecified atom stereocenters. The van der Waals surface area contributed by atoms with Crippen molar-refractivity contribution >= 4 is 17.0 Å². The Labute approximate surface area is 102 Å². The number of anilines is 1. The van der Waals surface area contributed by atoms with Gasteiger partial charge in [-0.2, -0.15) is 0 Å². The van der Waals surface area contributed by atoms with Crippen molar-refractivity contribution in [3.05, 3.63) is 17.9 Å². The molecule has 3 rings (SSSR count). The van der Waals surface area contributed by atoms with Crippen molar-refractivity contribution in [3.63, 3.8) is 0 Å². The Bertz CT molecular complexity index is 584. The lowest BCUT2D eigenvalue weighted by Crippen LogP contribution is -2.31. The van der Waals surface area contributed by atoms with Crippen molar-refractivity contribution in [3.8, 4) is 0 Å². The molecule has 1 aliphatic rings. The molecule has 8 heteroatoms. The molecule has 3 heterocycles. The molecule has 96 valence electrons. The van der Waals surface area contributed by atoms with E-state index in [1.54, 1.807) is 10.9 Å². The summed E-state index contributed by atoms with van der Waals surface area (Å²) in [4.78, 5) is 8.11. The van der Waals surface area contributed by atoms with Gasteiger partial charge in [0.05, 0.1) is 12.7 Å². The molecule has 2 atom stereocenters. The number of imidazole rings is 1. The Morgan fingerprint density at radius 1 is 1.56 bits per heavy atom. The maximum atomic E-state index is 11.3. The third-order valence-electron chi connectivity index (χ3n) is 3.13. The van der Waals surface area contributed by atoms with Crippen LogP contribution in [-0.2, 0) is 4.74 Å². The summed E-state index contributed by atoms with van der Waals surface area (Å²) < 4.78 is 7.86. The summed E-state index contributed by atoms with van der Waals surface area (Å²) in [5, 5.41) is 20.3. The smallest absolute Gasteiger partial charge is 0.251 e. The second-order valence-corrected chi connectivity index (χ2v) is 4.25. The van der Waals surface area contributed by atoms with Crippen molar-refractivity contribution in [2.24, 2.45) is 0 Å². The van der Waals surface area contributed by atoms with E-state index < -0.39 is 0 Å². The van der Waals surface area contributed by atoms with Crippen LogP contribution in [0.2, 0.25) is 0 Å². The van der Waals surface area contributed by atoms with E-state index in [0.29, 0.717) is 15.9 Å². The topological polar surface area (TPSA) is 113 Å². The normalized spacial score (nSPS) is 23.8. The van der Waals surface area contributed by atoms with Gasteiger partial charge in [0.25, 0.3) is 5.82 Å². The third kappa shape index (κ3) is 1.57. The number of hydrogen-bond acceptors (Lipinski definition) is 6. The summed E-state index contributed by atoms with van der Waals surface area (Å²) in [6.45, 7) is -0.000737. The quantitative estimate of drug-likeness (QED) is 0.540. The van der Waals surface area contributed by atoms with E-state index >= 15 is 0 Å². The van der Waals surface area contributed by atoms with Crippen molar-refractivity contribution in [1.29, 1.82) is 0 Å². The van der Waals surface area contributed by atoms with E-state index in [9.17, 15) is 5.21 Å². The molecule has 18 heavy (non-hydrogen) atoms. The maximum Gasteiger partial charge on any atom is 0.251 e. The first-order chi connectivity index (χ1) is 8.70. The van der Waals surface area contributed by atoms with Crippen LogP contribution in [0.25, 0.3) is 11.2 Å². The van der Waals surface area contributed by atoms with Crippen LogP contribution >= 0.6 is 0 Å². The van der Waals surface area contributed by atoms with Gasteiger partial charge in [0.2, 0.25) is 12.0 Å². The van der Waals surface area contributed by atoms with Gasteiger partial charge in [0.15, 0.2) is 5.52 Å². The van der Waals surface area contributed by atoms with Gasteiger partial charge in [-0.15, -0.1) is 0 Å². The van der Waals surface area contributed by atoms with Gasteiger partial charge < -0.3 is 20.8 Å². The zero-order chi connectivity index (χ0) is 12.7. The van der Waals surface area contributed by atoms with Crippen molar-refractivity contribution in [1.82, 2.24) is 14.5 Å². The molecule has 8 nitrogen and oxygen atoms in total. The van der Waals surface area contributed by atoms with E-state index in [1.165, 1.54) is 0 Å². The van der Waals surface area contributed by atoms with E-state index in [0.717, 1.165) is 19.2 Å². The highest BCUT2D eigenvalue weighted by molar-refractivity contribution is 5.79. The average molecular weight is 251 g/mol. The highest BCUT2D eigenvalue weighted by atomic mass is 16.5. The van der Waals surface area contributed by atoms with E-state index in [2.05, 4.69) is 9.97 Å². The average Bonchev–Trinajstić information content (AvgIpc) is 2.99. The summed E-state index contributed by atoms with van der Waals surface area (Å²) in [6, 6.07) is 0. The van der Waals surface area contributed by atoms with Crippen LogP contribution in [0.5, 0.6) is 0 Å². The molecule has 0 aromatic carbocycles. The SMILES string of the molecule is Nc1c2ncn([C@H]3CC[C@@H](CO)O3)c2nc[n+]1[O-]. The van der Waals surface area contributed by atoms with E-state index in [4.69, 9.17) is 15.6 Å². The molecule has 0 aliphatic carbocycles. The zero-order valence-corrected chi connectivity index (χ0v) is 9.56. The standard InChI is InChI=1S/C10H13N5O3/c11-9-8-10(13-5-15(9)17)14(4-12-8)7-2-1-6(3-16)18-7/h4-7,16H,1-3,11H2/t6-,7+/m0/s1. The molecule has 1 aliphatic heterocycles. The molecular formula is C10H13N5O3. The maximum absolute atomic E-state index is 11.3. The monoisotopic (exact) mass is 251 g/mol. The summed E-state index contributed by atoms with van der Waals surface area (Å²) in [7, 11) is 0. The minimum atomic E-state index is -0.221. The third-order valence-corrected chi connectivity index (χ3v) is 3.13. The number of nitrogens with two attached hydrogens (primary N) is 1. The van der Waals surface area contributed by atoms with Gasteiger partial charge in [-0.05, 0) is 12.8 Å². The number of rotatable bonds is 2. The van der Waals surface area contributed by atoms with Crippen LogP contribution in [-0.4, -0.2) is 32.4 Å². The molecule has 2 aromatic rings. The molecule has 1 saturated heterocycles. The number of nitrogens with zero attached hydrogens (tertiary/aromatic N) is 4. The lowest BCUT2D eigenvalue weighted by molar-refractivity contribution is -0.592. The van der Waals surface area contributed by atoms with Crippen LogP contribution in [0.4, 0.5) is 5.82 Å². The summed E-state index contributed by atoms with van der Waals surface area (Å²) in [6.07, 6.45) is 3.83. The zero-order valence-electron chi connectivity index (χ0n) is 9.56. The number of aliphatic hydroxyl groups is 1. The lowest BCUT2D eigenvalue weighted by atomic mass is 10.2. The summed E-state index contributed by atoms with van der Waals surface area (Å²) in [5.74, 6) is 0.0236. The summed E-state index contributed by atoms with van der Waals surface area (Å²) in [5.41, 5.74) is 6.52. The van der Waals surface area contributed by atoms with Gasteiger partial charge in [0, 0.05) is 0 Å². The first-order valence-corrected chi connectivity index (χ1v) is 5.67. The number of nitrogen functional groups attached to an aromatic ring is 1. The number of ether oxygens (including phenoxy) is 1. The highest BCUT2D eigenvalue weighted by Gasteiger charge is 2.28. The Morgan fingerprint density at radius 2 is 2.39 bits per heavy atom. The largest absolute Gasteiger partial charge is 0.740 e. The van der Waals surface area contributed by atoms with Gasteiger partial charge >= 0.3 is 0 Å². The molecule has 0 saturated carbocycles. The van der Waals surface area contributed by atoms with Crippen LogP contribution in [0.15, 0.2) is 12.7 Å². The second-order valence-electron chi connectivity index (χ2n) is 4.25. The van der Waals surface area contributed by atoms with Crippen LogP contribution in [0.3, 0.4) is 0 Å². The second kappa shape index (κ2) is 4.07. The molecular weight excluding hydrogens is 238 g/mol. The van der Waals surface area contributed by atoms with Crippen LogP contribution < -0.4 is 10.5 Å². The van der Waals surface area contributed by atoms with E-state index in [-0.39, 0.29) is 24.8 Å². The fourth-order valence-corrected chi connectivity index (χ4v) is 2.17. The van der Waals surface area contributed by atoms with Crippen LogP contribution in [0.1, 0.15) is 19.1 Å². The molecule has 0 bridgehead atoms. The predicted octanol–water partition coefficient (Wildman–Crippen LogP) is -0.683. The molecule has 3 N–H and O–H groups in total. The van der Waals surface area contributed by atoms with Gasteiger partial charge in [-0.25, -0.2) is 9.71 Å². The number of aliphatic hydroxyl groups excluding tert-OH is 1. The minimum absolute atomic E-state index is 0.000737.